The minimum absolute atomic E-state index is 0.0531. The Bertz CT molecular complexity index is 362. The minimum atomic E-state index is -0.0531. The summed E-state index contributed by atoms with van der Waals surface area (Å²) in [6.07, 6.45) is 1.70. The molecular formula is C15H25NO2. The summed E-state index contributed by atoms with van der Waals surface area (Å²) in [5, 5.41) is 12.5. The van der Waals surface area contributed by atoms with Crippen molar-refractivity contribution in [3.63, 3.8) is 0 Å². The lowest BCUT2D eigenvalue weighted by molar-refractivity contribution is 0.119. The lowest BCUT2D eigenvalue weighted by Gasteiger charge is -2.25. The predicted molar refractivity (Wildman–Crippen MR) is 74.9 cm³/mol. The zero-order valence-corrected chi connectivity index (χ0v) is 11.9. The lowest BCUT2D eigenvalue weighted by atomic mass is 10.1. The van der Waals surface area contributed by atoms with Gasteiger partial charge in [-0.3, -0.25) is 5.32 Å². The fraction of sp³-hybridized carbons (Fsp3) is 0.600. The molecule has 0 spiro atoms. The molecule has 1 aromatic carbocycles. The number of nitrogens with one attached hydrogen (secondary N) is 1. The van der Waals surface area contributed by atoms with Gasteiger partial charge in [-0.05, 0) is 43.9 Å². The normalized spacial score (nSPS) is 14.3. The summed E-state index contributed by atoms with van der Waals surface area (Å²) in [6, 6.07) is 6.18. The zero-order valence-electron chi connectivity index (χ0n) is 11.9. The number of ether oxygens (including phenoxy) is 1. The standard InChI is InChI=1S/C15H25NO2/c1-5-13(10-17)16-15(6-2)18-14-9-7-8-11(3)12(14)4/h7-9,13,15-17H,5-6,10H2,1-4H3. The third-order valence-electron chi connectivity index (χ3n) is 3.33. The first-order valence-corrected chi connectivity index (χ1v) is 6.72. The van der Waals surface area contributed by atoms with E-state index >= 15 is 0 Å². The average molecular weight is 251 g/mol. The van der Waals surface area contributed by atoms with Crippen molar-refractivity contribution in [1.82, 2.24) is 5.32 Å². The highest BCUT2D eigenvalue weighted by Crippen LogP contribution is 2.22. The molecular weight excluding hydrogens is 226 g/mol. The molecule has 3 heteroatoms. The SMILES string of the molecule is CCC(CO)NC(CC)Oc1cccc(C)c1C. The molecule has 0 saturated heterocycles. The van der Waals surface area contributed by atoms with Crippen molar-refractivity contribution in [2.24, 2.45) is 0 Å². The quantitative estimate of drug-likeness (QED) is 0.732. The first-order chi connectivity index (χ1) is 8.62. The Labute approximate surface area is 110 Å². The monoisotopic (exact) mass is 251 g/mol. The topological polar surface area (TPSA) is 41.5 Å². The average Bonchev–Trinajstić information content (AvgIpc) is 2.39. The second-order valence-electron chi connectivity index (χ2n) is 4.67. The van der Waals surface area contributed by atoms with E-state index in [2.05, 4.69) is 39.1 Å². The summed E-state index contributed by atoms with van der Waals surface area (Å²) in [6.45, 7) is 8.43. The van der Waals surface area contributed by atoms with E-state index < -0.39 is 0 Å². The van der Waals surface area contributed by atoms with Gasteiger partial charge in [0.1, 0.15) is 12.0 Å². The Morgan fingerprint density at radius 2 is 1.94 bits per heavy atom. The summed E-state index contributed by atoms with van der Waals surface area (Å²) in [4.78, 5) is 0. The maximum absolute atomic E-state index is 9.22. The van der Waals surface area contributed by atoms with Crippen LogP contribution >= 0.6 is 0 Å². The number of hydrogen-bond donors (Lipinski definition) is 2. The molecule has 102 valence electrons. The smallest absolute Gasteiger partial charge is 0.150 e. The van der Waals surface area contributed by atoms with Crippen LogP contribution in [0, 0.1) is 13.8 Å². The van der Waals surface area contributed by atoms with Crippen LogP contribution in [0.4, 0.5) is 0 Å². The molecule has 0 radical (unpaired) electrons. The molecule has 18 heavy (non-hydrogen) atoms. The van der Waals surface area contributed by atoms with Crippen LogP contribution in [-0.4, -0.2) is 24.0 Å². The van der Waals surface area contributed by atoms with Crippen LogP contribution in [0.25, 0.3) is 0 Å². The van der Waals surface area contributed by atoms with E-state index in [1.165, 1.54) is 11.1 Å². The van der Waals surface area contributed by atoms with Crippen molar-refractivity contribution in [1.29, 1.82) is 0 Å². The van der Waals surface area contributed by atoms with Crippen molar-refractivity contribution in [2.45, 2.75) is 52.8 Å². The molecule has 3 nitrogen and oxygen atoms in total. The van der Waals surface area contributed by atoms with Crippen molar-refractivity contribution in [3.8, 4) is 5.75 Å². The molecule has 0 saturated carbocycles. The van der Waals surface area contributed by atoms with E-state index in [4.69, 9.17) is 4.74 Å². The van der Waals surface area contributed by atoms with Gasteiger partial charge in [-0.2, -0.15) is 0 Å². The van der Waals surface area contributed by atoms with E-state index in [9.17, 15) is 5.11 Å². The molecule has 2 atom stereocenters. The first kappa shape index (κ1) is 15.0. The van der Waals surface area contributed by atoms with Gasteiger partial charge in [0.15, 0.2) is 0 Å². The van der Waals surface area contributed by atoms with E-state index in [-0.39, 0.29) is 18.9 Å². The Hall–Kier alpha value is -1.06. The number of aryl methyl sites for hydroxylation is 1. The van der Waals surface area contributed by atoms with Crippen LogP contribution in [0.5, 0.6) is 5.75 Å². The van der Waals surface area contributed by atoms with Gasteiger partial charge in [0, 0.05) is 6.04 Å². The Morgan fingerprint density at radius 1 is 1.22 bits per heavy atom. The van der Waals surface area contributed by atoms with Crippen molar-refractivity contribution in [3.05, 3.63) is 29.3 Å². The second-order valence-corrected chi connectivity index (χ2v) is 4.67. The highest BCUT2D eigenvalue weighted by Gasteiger charge is 2.14. The van der Waals surface area contributed by atoms with Gasteiger partial charge in [0.05, 0.1) is 6.61 Å². The van der Waals surface area contributed by atoms with Crippen molar-refractivity contribution in [2.75, 3.05) is 6.61 Å². The van der Waals surface area contributed by atoms with Gasteiger partial charge < -0.3 is 9.84 Å². The third-order valence-corrected chi connectivity index (χ3v) is 3.33. The molecule has 0 fully saturated rings. The first-order valence-electron chi connectivity index (χ1n) is 6.72. The number of rotatable bonds is 7. The van der Waals surface area contributed by atoms with E-state index in [0.29, 0.717) is 0 Å². The van der Waals surface area contributed by atoms with Crippen LogP contribution in [0.3, 0.4) is 0 Å². The summed E-state index contributed by atoms with van der Waals surface area (Å²) in [7, 11) is 0. The molecule has 0 bridgehead atoms. The molecule has 0 aliphatic rings. The van der Waals surface area contributed by atoms with Crippen LogP contribution in [0.15, 0.2) is 18.2 Å². The van der Waals surface area contributed by atoms with E-state index in [1.54, 1.807) is 0 Å². The van der Waals surface area contributed by atoms with Gasteiger partial charge in [0.25, 0.3) is 0 Å². The maximum atomic E-state index is 9.22. The number of aliphatic hydroxyl groups excluding tert-OH is 1. The molecule has 2 unspecified atom stereocenters. The highest BCUT2D eigenvalue weighted by molar-refractivity contribution is 5.38. The van der Waals surface area contributed by atoms with Crippen LogP contribution < -0.4 is 10.1 Å². The van der Waals surface area contributed by atoms with Gasteiger partial charge >= 0.3 is 0 Å². The second kappa shape index (κ2) is 7.39. The molecule has 0 aliphatic heterocycles. The summed E-state index contributed by atoms with van der Waals surface area (Å²) in [5.74, 6) is 0.919. The van der Waals surface area contributed by atoms with Gasteiger partial charge in [-0.1, -0.05) is 26.0 Å². The van der Waals surface area contributed by atoms with E-state index in [1.807, 2.05) is 12.1 Å². The van der Waals surface area contributed by atoms with Gasteiger partial charge in [-0.25, -0.2) is 0 Å². The zero-order chi connectivity index (χ0) is 13.5. The molecule has 1 aromatic rings. The van der Waals surface area contributed by atoms with Crippen molar-refractivity contribution < 1.29 is 9.84 Å². The summed E-state index contributed by atoms with van der Waals surface area (Å²) >= 11 is 0. The van der Waals surface area contributed by atoms with Crippen LogP contribution in [0.2, 0.25) is 0 Å². The molecule has 0 amide bonds. The van der Waals surface area contributed by atoms with Gasteiger partial charge in [0.2, 0.25) is 0 Å². The van der Waals surface area contributed by atoms with Crippen molar-refractivity contribution >= 4 is 0 Å². The lowest BCUT2D eigenvalue weighted by Crippen LogP contribution is -2.43. The molecule has 0 aromatic heterocycles. The summed E-state index contributed by atoms with van der Waals surface area (Å²) < 4.78 is 5.99. The number of aliphatic hydroxyl groups is 1. The van der Waals surface area contributed by atoms with E-state index in [0.717, 1.165) is 18.6 Å². The molecule has 2 N–H and O–H groups in total. The highest BCUT2D eigenvalue weighted by atomic mass is 16.5. The molecule has 0 heterocycles. The minimum Gasteiger partial charge on any atom is -0.475 e. The fourth-order valence-corrected chi connectivity index (χ4v) is 1.80. The van der Waals surface area contributed by atoms with Gasteiger partial charge in [-0.15, -0.1) is 0 Å². The molecule has 0 aliphatic carbocycles. The summed E-state index contributed by atoms with van der Waals surface area (Å²) in [5.41, 5.74) is 2.41. The predicted octanol–water partition coefficient (Wildman–Crippen LogP) is 2.78. The molecule has 1 rings (SSSR count). The third kappa shape index (κ3) is 4.00. The fourth-order valence-electron chi connectivity index (χ4n) is 1.80. The largest absolute Gasteiger partial charge is 0.475 e. The Balaban J connectivity index is 2.70. The van der Waals surface area contributed by atoms with Crippen LogP contribution in [0.1, 0.15) is 37.8 Å². The number of hydrogen-bond acceptors (Lipinski definition) is 3. The maximum Gasteiger partial charge on any atom is 0.150 e. The Kier molecular flexibility index (Phi) is 6.16. The Morgan fingerprint density at radius 3 is 2.50 bits per heavy atom. The number of benzene rings is 1. The van der Waals surface area contributed by atoms with Crippen LogP contribution in [-0.2, 0) is 0 Å².